The van der Waals surface area contributed by atoms with Gasteiger partial charge in [-0.15, -0.1) is 0 Å². The van der Waals surface area contributed by atoms with Gasteiger partial charge < -0.3 is 4.90 Å². The largest absolute Gasteiger partial charge is 0.369 e. The minimum Gasteiger partial charge on any atom is -0.369 e. The SMILES string of the molecule is CC1(C)CC(=O)N(C2CCC(N3CCN(c4cccc(Cl)c4)CC3)CC2)C(=O)C1. The van der Waals surface area contributed by atoms with Crippen LogP contribution in [0, 0.1) is 5.41 Å². The minimum atomic E-state index is -0.190. The van der Waals surface area contributed by atoms with Crippen molar-refractivity contribution in [3.8, 4) is 0 Å². The second-order valence-electron chi connectivity index (χ2n) is 9.64. The number of piperidine rings is 1. The van der Waals surface area contributed by atoms with Gasteiger partial charge in [0.25, 0.3) is 0 Å². The minimum absolute atomic E-state index is 0.0323. The van der Waals surface area contributed by atoms with E-state index in [1.54, 1.807) is 4.90 Å². The molecule has 158 valence electrons. The molecule has 5 nitrogen and oxygen atoms in total. The first-order chi connectivity index (χ1) is 13.8. The van der Waals surface area contributed by atoms with Crippen molar-refractivity contribution in [2.45, 2.75) is 64.5 Å². The lowest BCUT2D eigenvalue weighted by atomic mass is 9.80. The van der Waals surface area contributed by atoms with Crippen LogP contribution in [-0.2, 0) is 9.59 Å². The quantitative estimate of drug-likeness (QED) is 0.698. The highest BCUT2D eigenvalue weighted by atomic mass is 35.5. The van der Waals surface area contributed by atoms with Crippen LogP contribution in [0.5, 0.6) is 0 Å². The van der Waals surface area contributed by atoms with Gasteiger partial charge in [0.2, 0.25) is 11.8 Å². The summed E-state index contributed by atoms with van der Waals surface area (Å²) in [6.07, 6.45) is 5.01. The zero-order valence-corrected chi connectivity index (χ0v) is 18.3. The Morgan fingerprint density at radius 1 is 0.897 bits per heavy atom. The highest BCUT2D eigenvalue weighted by molar-refractivity contribution is 6.30. The number of hydrogen-bond donors (Lipinski definition) is 0. The molecular formula is C23H32ClN3O2. The molecule has 3 fully saturated rings. The van der Waals surface area contributed by atoms with E-state index in [9.17, 15) is 9.59 Å². The number of benzene rings is 1. The summed E-state index contributed by atoms with van der Waals surface area (Å²) in [5, 5.41) is 0.786. The standard InChI is InChI=1S/C23H32ClN3O2/c1-23(2)15-21(28)27(22(29)16-23)19-8-6-18(7-9-19)25-10-12-26(13-11-25)20-5-3-4-17(24)14-20/h3-5,14,18-19H,6-13,15-16H2,1-2H3. The summed E-state index contributed by atoms with van der Waals surface area (Å²) in [6, 6.07) is 8.76. The average Bonchev–Trinajstić information content (AvgIpc) is 2.67. The summed E-state index contributed by atoms with van der Waals surface area (Å²) < 4.78 is 0. The zero-order chi connectivity index (χ0) is 20.6. The molecule has 29 heavy (non-hydrogen) atoms. The molecule has 1 aromatic carbocycles. The molecule has 6 heteroatoms. The number of carbonyl (C=O) groups is 2. The number of likely N-dealkylation sites (tertiary alicyclic amines) is 1. The second-order valence-corrected chi connectivity index (χ2v) is 10.1. The van der Waals surface area contributed by atoms with Crippen molar-refractivity contribution < 1.29 is 9.59 Å². The van der Waals surface area contributed by atoms with Crippen LogP contribution in [-0.4, -0.2) is 59.9 Å². The van der Waals surface area contributed by atoms with E-state index in [1.165, 1.54) is 5.69 Å². The number of anilines is 1. The van der Waals surface area contributed by atoms with Crippen molar-refractivity contribution in [3.63, 3.8) is 0 Å². The molecule has 0 N–H and O–H groups in total. The fourth-order valence-corrected chi connectivity index (χ4v) is 5.48. The fourth-order valence-electron chi connectivity index (χ4n) is 5.30. The number of rotatable bonds is 3. The predicted molar refractivity (Wildman–Crippen MR) is 116 cm³/mol. The predicted octanol–water partition coefficient (Wildman–Crippen LogP) is 3.95. The van der Waals surface area contributed by atoms with Gasteiger partial charge >= 0.3 is 0 Å². The highest BCUT2D eigenvalue weighted by Gasteiger charge is 2.42. The molecule has 2 amide bonds. The topological polar surface area (TPSA) is 43.9 Å². The van der Waals surface area contributed by atoms with Crippen LogP contribution in [0.4, 0.5) is 5.69 Å². The Morgan fingerprint density at radius 2 is 1.48 bits per heavy atom. The third-order valence-electron chi connectivity index (χ3n) is 6.83. The van der Waals surface area contributed by atoms with E-state index in [0.717, 1.165) is 56.9 Å². The summed E-state index contributed by atoms with van der Waals surface area (Å²) in [6.45, 7) is 8.16. The maximum atomic E-state index is 12.6. The van der Waals surface area contributed by atoms with E-state index in [-0.39, 0.29) is 23.3 Å². The summed E-state index contributed by atoms with van der Waals surface area (Å²) >= 11 is 6.14. The van der Waals surface area contributed by atoms with Crippen LogP contribution in [0.15, 0.2) is 24.3 Å². The molecule has 1 aromatic rings. The van der Waals surface area contributed by atoms with Gasteiger partial charge in [-0.05, 0) is 49.3 Å². The van der Waals surface area contributed by atoms with Gasteiger partial charge in [0.15, 0.2) is 0 Å². The number of hydrogen-bond acceptors (Lipinski definition) is 4. The molecule has 0 atom stereocenters. The van der Waals surface area contributed by atoms with Crippen LogP contribution < -0.4 is 4.90 Å². The lowest BCUT2D eigenvalue weighted by Gasteiger charge is -2.45. The molecular weight excluding hydrogens is 386 g/mol. The number of carbonyl (C=O) groups excluding carboxylic acids is 2. The Morgan fingerprint density at radius 3 is 2.07 bits per heavy atom. The Labute approximate surface area is 179 Å². The van der Waals surface area contributed by atoms with E-state index in [0.29, 0.717) is 18.9 Å². The van der Waals surface area contributed by atoms with E-state index in [4.69, 9.17) is 11.6 Å². The van der Waals surface area contributed by atoms with Crippen molar-refractivity contribution in [1.29, 1.82) is 0 Å². The zero-order valence-electron chi connectivity index (χ0n) is 17.6. The summed E-state index contributed by atoms with van der Waals surface area (Å²) in [5.74, 6) is 0.0645. The number of amides is 2. The Bertz CT molecular complexity index is 745. The van der Waals surface area contributed by atoms with E-state index in [2.05, 4.69) is 15.9 Å². The van der Waals surface area contributed by atoms with E-state index in [1.807, 2.05) is 32.0 Å². The first-order valence-corrected chi connectivity index (χ1v) is 11.3. The second kappa shape index (κ2) is 8.27. The molecule has 2 aliphatic heterocycles. The monoisotopic (exact) mass is 417 g/mol. The molecule has 2 saturated heterocycles. The van der Waals surface area contributed by atoms with E-state index >= 15 is 0 Å². The fraction of sp³-hybridized carbons (Fsp3) is 0.652. The first kappa shape index (κ1) is 20.7. The van der Waals surface area contributed by atoms with Crippen molar-refractivity contribution in [3.05, 3.63) is 29.3 Å². The maximum absolute atomic E-state index is 12.6. The van der Waals surface area contributed by atoms with Gasteiger partial charge in [-0.25, -0.2) is 0 Å². The van der Waals surface area contributed by atoms with Crippen LogP contribution in [0.1, 0.15) is 52.4 Å². The molecule has 0 bridgehead atoms. The Balaban J connectivity index is 1.28. The maximum Gasteiger partial charge on any atom is 0.229 e. The van der Waals surface area contributed by atoms with E-state index < -0.39 is 0 Å². The van der Waals surface area contributed by atoms with Crippen molar-refractivity contribution in [2.75, 3.05) is 31.1 Å². The van der Waals surface area contributed by atoms with Gasteiger partial charge in [-0.3, -0.25) is 19.4 Å². The summed E-state index contributed by atoms with van der Waals surface area (Å²) in [4.78, 5) is 31.8. The summed E-state index contributed by atoms with van der Waals surface area (Å²) in [5.41, 5.74) is 1.01. The van der Waals surface area contributed by atoms with Crippen LogP contribution in [0.25, 0.3) is 0 Å². The highest BCUT2D eigenvalue weighted by Crippen LogP contribution is 2.36. The third kappa shape index (κ3) is 4.61. The van der Waals surface area contributed by atoms with Crippen molar-refractivity contribution in [1.82, 2.24) is 9.80 Å². The van der Waals surface area contributed by atoms with Gasteiger partial charge in [0.1, 0.15) is 0 Å². The molecule has 0 aromatic heterocycles. The van der Waals surface area contributed by atoms with Crippen LogP contribution in [0.3, 0.4) is 0 Å². The van der Waals surface area contributed by atoms with Gasteiger partial charge in [0, 0.05) is 61.8 Å². The third-order valence-corrected chi connectivity index (χ3v) is 7.07. The Kier molecular flexibility index (Phi) is 5.90. The normalized spacial score (nSPS) is 28.7. The van der Waals surface area contributed by atoms with Gasteiger partial charge in [-0.2, -0.15) is 0 Å². The van der Waals surface area contributed by atoms with Gasteiger partial charge in [0.05, 0.1) is 0 Å². The smallest absolute Gasteiger partial charge is 0.229 e. The lowest BCUT2D eigenvalue weighted by molar-refractivity contribution is -0.156. The first-order valence-electron chi connectivity index (χ1n) is 10.9. The van der Waals surface area contributed by atoms with Crippen LogP contribution in [0.2, 0.25) is 5.02 Å². The molecule has 1 aliphatic carbocycles. The molecule has 0 spiro atoms. The molecule has 1 saturated carbocycles. The van der Waals surface area contributed by atoms with Crippen LogP contribution >= 0.6 is 11.6 Å². The average molecular weight is 418 g/mol. The molecule has 0 radical (unpaired) electrons. The molecule has 3 aliphatic rings. The lowest BCUT2D eigenvalue weighted by Crippen LogP contribution is -2.55. The summed E-state index contributed by atoms with van der Waals surface area (Å²) in [7, 11) is 0. The molecule has 4 rings (SSSR count). The number of halogens is 1. The van der Waals surface area contributed by atoms with Gasteiger partial charge in [-0.1, -0.05) is 31.5 Å². The molecule has 2 heterocycles. The number of piperazine rings is 1. The van der Waals surface area contributed by atoms with Crippen molar-refractivity contribution >= 4 is 29.1 Å². The number of imide groups is 1. The number of nitrogens with zero attached hydrogens (tertiary/aromatic N) is 3. The Hall–Kier alpha value is -1.59. The molecule has 0 unspecified atom stereocenters. The van der Waals surface area contributed by atoms with Crippen molar-refractivity contribution in [2.24, 2.45) is 5.41 Å².